The third-order valence-corrected chi connectivity index (χ3v) is 2.50. The maximum Gasteiger partial charge on any atom is 0.160 e. The van der Waals surface area contributed by atoms with Gasteiger partial charge in [-0.1, -0.05) is 13.8 Å². The van der Waals surface area contributed by atoms with Crippen LogP contribution in [0.3, 0.4) is 0 Å². The smallest absolute Gasteiger partial charge is 0.160 e. The van der Waals surface area contributed by atoms with Crippen LogP contribution in [0.1, 0.15) is 32.0 Å². The van der Waals surface area contributed by atoms with Crippen LogP contribution >= 0.6 is 0 Å². The molecule has 4 heteroatoms. The van der Waals surface area contributed by atoms with E-state index in [9.17, 15) is 0 Å². The minimum absolute atomic E-state index is 0.409. The fraction of sp³-hybridized carbons (Fsp3) is 0.400. The summed E-state index contributed by atoms with van der Waals surface area (Å²) in [4.78, 5) is 0. The van der Waals surface area contributed by atoms with E-state index in [1.807, 2.05) is 22.7 Å². The number of nitrogens with two attached hydrogens (primary N) is 1. The number of nitrogen functional groups attached to an aromatic ring is 1. The van der Waals surface area contributed by atoms with Gasteiger partial charge in [0.15, 0.2) is 5.65 Å². The first-order chi connectivity index (χ1) is 6.72. The summed E-state index contributed by atoms with van der Waals surface area (Å²) < 4.78 is 1.96. The average molecular weight is 190 g/mol. The highest BCUT2D eigenvalue weighted by Crippen LogP contribution is 2.18. The van der Waals surface area contributed by atoms with E-state index in [0.29, 0.717) is 5.92 Å². The van der Waals surface area contributed by atoms with E-state index in [0.717, 1.165) is 23.6 Å². The van der Waals surface area contributed by atoms with Crippen molar-refractivity contribution >= 4 is 11.3 Å². The molecule has 4 nitrogen and oxygen atoms in total. The van der Waals surface area contributed by atoms with Gasteiger partial charge in [0.05, 0.1) is 0 Å². The highest BCUT2D eigenvalue weighted by molar-refractivity contribution is 5.47. The Morgan fingerprint density at radius 2 is 2.21 bits per heavy atom. The first kappa shape index (κ1) is 8.99. The van der Waals surface area contributed by atoms with Crippen molar-refractivity contribution in [2.75, 3.05) is 5.73 Å². The second-order valence-electron chi connectivity index (χ2n) is 3.56. The van der Waals surface area contributed by atoms with Crippen LogP contribution in [0.2, 0.25) is 0 Å². The van der Waals surface area contributed by atoms with Crippen LogP contribution in [0.15, 0.2) is 18.3 Å². The molecule has 2 rings (SSSR count). The van der Waals surface area contributed by atoms with Gasteiger partial charge in [-0.15, -0.1) is 10.2 Å². The first-order valence-corrected chi connectivity index (χ1v) is 4.82. The van der Waals surface area contributed by atoms with Gasteiger partial charge >= 0.3 is 0 Å². The molecule has 0 bridgehead atoms. The molecule has 0 spiro atoms. The minimum atomic E-state index is 0.409. The molecule has 0 aliphatic carbocycles. The van der Waals surface area contributed by atoms with E-state index < -0.39 is 0 Å². The van der Waals surface area contributed by atoms with Crippen molar-refractivity contribution in [3.63, 3.8) is 0 Å². The lowest BCUT2D eigenvalue weighted by atomic mass is 10.1. The van der Waals surface area contributed by atoms with Crippen LogP contribution in [0.25, 0.3) is 5.65 Å². The highest BCUT2D eigenvalue weighted by Gasteiger charge is 2.11. The molecule has 0 amide bonds. The lowest BCUT2D eigenvalue weighted by Crippen LogP contribution is -2.00. The summed E-state index contributed by atoms with van der Waals surface area (Å²) in [5.41, 5.74) is 7.31. The van der Waals surface area contributed by atoms with Crippen LogP contribution < -0.4 is 5.73 Å². The number of pyridine rings is 1. The zero-order valence-electron chi connectivity index (χ0n) is 8.44. The molecule has 2 aromatic heterocycles. The van der Waals surface area contributed by atoms with Crippen molar-refractivity contribution in [2.45, 2.75) is 26.2 Å². The Bertz CT molecular complexity index is 446. The normalized spacial score (nSPS) is 13.3. The van der Waals surface area contributed by atoms with E-state index in [1.165, 1.54) is 0 Å². The van der Waals surface area contributed by atoms with Crippen LogP contribution in [-0.2, 0) is 0 Å². The second kappa shape index (κ2) is 3.29. The molecule has 14 heavy (non-hydrogen) atoms. The quantitative estimate of drug-likeness (QED) is 0.785. The van der Waals surface area contributed by atoms with Gasteiger partial charge in [-0.3, -0.25) is 4.40 Å². The van der Waals surface area contributed by atoms with Gasteiger partial charge in [-0.05, 0) is 18.6 Å². The first-order valence-electron chi connectivity index (χ1n) is 4.82. The van der Waals surface area contributed by atoms with Crippen molar-refractivity contribution < 1.29 is 0 Å². The highest BCUT2D eigenvalue weighted by atomic mass is 15.2. The number of hydrogen-bond acceptors (Lipinski definition) is 3. The molecule has 74 valence electrons. The summed E-state index contributed by atoms with van der Waals surface area (Å²) in [6, 6.07) is 3.72. The minimum Gasteiger partial charge on any atom is -0.398 e. The molecule has 2 heterocycles. The van der Waals surface area contributed by atoms with Gasteiger partial charge < -0.3 is 5.73 Å². The Balaban J connectivity index is 2.61. The predicted molar refractivity (Wildman–Crippen MR) is 56.1 cm³/mol. The molecular weight excluding hydrogens is 176 g/mol. The second-order valence-corrected chi connectivity index (χ2v) is 3.56. The summed E-state index contributed by atoms with van der Waals surface area (Å²) in [5.74, 6) is 1.39. The number of fused-ring (bicyclic) bond motifs is 1. The van der Waals surface area contributed by atoms with E-state index in [4.69, 9.17) is 5.73 Å². The Kier molecular flexibility index (Phi) is 2.11. The third-order valence-electron chi connectivity index (χ3n) is 2.50. The number of hydrogen-bond donors (Lipinski definition) is 1. The Hall–Kier alpha value is -1.58. The topological polar surface area (TPSA) is 56.2 Å². The molecule has 2 N–H and O–H groups in total. The van der Waals surface area contributed by atoms with Gasteiger partial charge in [-0.2, -0.15) is 0 Å². The molecule has 2 aromatic rings. The molecule has 0 aliphatic rings. The van der Waals surface area contributed by atoms with Crippen LogP contribution in [0, 0.1) is 0 Å². The van der Waals surface area contributed by atoms with Gasteiger partial charge in [-0.25, -0.2) is 0 Å². The number of nitrogens with zero attached hydrogens (tertiary/aromatic N) is 3. The number of aromatic nitrogens is 3. The molecule has 0 saturated heterocycles. The lowest BCUT2D eigenvalue weighted by molar-refractivity contribution is 0.669. The third kappa shape index (κ3) is 1.32. The zero-order valence-corrected chi connectivity index (χ0v) is 8.44. The maximum atomic E-state index is 5.72. The number of anilines is 1. The lowest BCUT2D eigenvalue weighted by Gasteiger charge is -2.05. The van der Waals surface area contributed by atoms with Gasteiger partial charge in [0.25, 0.3) is 0 Å². The fourth-order valence-electron chi connectivity index (χ4n) is 1.44. The standard InChI is InChI=1S/C10H14N4/c1-3-7(2)10-13-12-9-5-4-8(11)6-14(9)10/h4-7H,3,11H2,1-2H3. The number of rotatable bonds is 2. The summed E-state index contributed by atoms with van der Waals surface area (Å²) in [6.07, 6.45) is 2.92. The van der Waals surface area contributed by atoms with E-state index in [1.54, 1.807) is 0 Å². The molecule has 1 unspecified atom stereocenters. The monoisotopic (exact) mass is 190 g/mol. The van der Waals surface area contributed by atoms with Gasteiger partial charge in [0.2, 0.25) is 0 Å². The zero-order chi connectivity index (χ0) is 10.1. The SMILES string of the molecule is CCC(C)c1nnc2ccc(N)cn12. The van der Waals surface area contributed by atoms with Gasteiger partial charge in [0, 0.05) is 17.8 Å². The van der Waals surface area contributed by atoms with E-state index >= 15 is 0 Å². The Morgan fingerprint density at radius 1 is 1.43 bits per heavy atom. The van der Waals surface area contributed by atoms with E-state index in [-0.39, 0.29) is 0 Å². The molecular formula is C10H14N4. The fourth-order valence-corrected chi connectivity index (χ4v) is 1.44. The molecule has 0 aliphatic heterocycles. The average Bonchev–Trinajstić information content (AvgIpc) is 2.59. The molecule has 0 aromatic carbocycles. The van der Waals surface area contributed by atoms with Crippen molar-refractivity contribution in [3.8, 4) is 0 Å². The summed E-state index contributed by atoms with van der Waals surface area (Å²) >= 11 is 0. The van der Waals surface area contributed by atoms with Crippen molar-refractivity contribution in [1.29, 1.82) is 0 Å². The van der Waals surface area contributed by atoms with Crippen molar-refractivity contribution in [2.24, 2.45) is 0 Å². The van der Waals surface area contributed by atoms with Gasteiger partial charge in [0.1, 0.15) is 5.82 Å². The van der Waals surface area contributed by atoms with Crippen molar-refractivity contribution in [1.82, 2.24) is 14.6 Å². The van der Waals surface area contributed by atoms with Crippen molar-refractivity contribution in [3.05, 3.63) is 24.2 Å². The van der Waals surface area contributed by atoms with Crippen LogP contribution in [0.4, 0.5) is 5.69 Å². The molecule has 0 saturated carbocycles. The largest absolute Gasteiger partial charge is 0.398 e. The molecule has 0 fully saturated rings. The Labute approximate surface area is 82.8 Å². The van der Waals surface area contributed by atoms with Crippen LogP contribution in [-0.4, -0.2) is 14.6 Å². The van der Waals surface area contributed by atoms with E-state index in [2.05, 4.69) is 24.0 Å². The summed E-state index contributed by atoms with van der Waals surface area (Å²) in [5, 5.41) is 8.25. The maximum absolute atomic E-state index is 5.72. The molecule has 0 radical (unpaired) electrons. The van der Waals surface area contributed by atoms with Crippen LogP contribution in [0.5, 0.6) is 0 Å². The Morgan fingerprint density at radius 3 is 2.93 bits per heavy atom. The molecule has 1 atom stereocenters. The summed E-state index contributed by atoms with van der Waals surface area (Å²) in [7, 11) is 0. The predicted octanol–water partition coefficient (Wildman–Crippen LogP) is 1.82. The summed E-state index contributed by atoms with van der Waals surface area (Å²) in [6.45, 7) is 4.28.